The van der Waals surface area contributed by atoms with Crippen LogP contribution in [0.5, 0.6) is 11.5 Å². The largest absolute Gasteiger partial charge is 0.508 e. The van der Waals surface area contributed by atoms with Crippen LogP contribution in [0.2, 0.25) is 0 Å². The first-order valence-corrected chi connectivity index (χ1v) is 7.74. The topological polar surface area (TPSA) is 78.9 Å². The minimum Gasteiger partial charge on any atom is -0.508 e. The van der Waals surface area contributed by atoms with Crippen LogP contribution in [0.4, 0.5) is 11.4 Å². The number of hydrogen-bond acceptors (Lipinski definition) is 4. The molecule has 2 amide bonds. The van der Waals surface area contributed by atoms with E-state index in [1.165, 1.54) is 12.1 Å². The number of benzene rings is 2. The third-order valence-corrected chi connectivity index (χ3v) is 3.70. The predicted octanol–water partition coefficient (Wildman–Crippen LogP) is 2.54. The fraction of sp³-hybridized carbons (Fsp3) is 0.222. The lowest BCUT2D eigenvalue weighted by Gasteiger charge is -2.16. The maximum absolute atomic E-state index is 11.9. The Hall–Kier alpha value is -3.02. The Labute approximate surface area is 139 Å². The van der Waals surface area contributed by atoms with Crippen LogP contribution in [0.3, 0.4) is 0 Å². The van der Waals surface area contributed by atoms with Crippen LogP contribution in [-0.4, -0.2) is 30.1 Å². The number of hydrogen-bond donors (Lipinski definition) is 2. The average molecular weight is 326 g/mol. The highest BCUT2D eigenvalue weighted by Crippen LogP contribution is 2.25. The van der Waals surface area contributed by atoms with Crippen LogP contribution >= 0.6 is 0 Å². The summed E-state index contributed by atoms with van der Waals surface area (Å²) in [6.07, 6.45) is 1.42. The number of ether oxygens (including phenoxy) is 1. The van der Waals surface area contributed by atoms with Gasteiger partial charge < -0.3 is 20.1 Å². The maximum Gasteiger partial charge on any atom is 0.262 e. The van der Waals surface area contributed by atoms with Gasteiger partial charge in [-0.15, -0.1) is 0 Å². The summed E-state index contributed by atoms with van der Waals surface area (Å²) in [5, 5.41) is 12.0. The predicted molar refractivity (Wildman–Crippen MR) is 90.3 cm³/mol. The molecule has 24 heavy (non-hydrogen) atoms. The van der Waals surface area contributed by atoms with E-state index in [0.717, 1.165) is 12.1 Å². The fourth-order valence-corrected chi connectivity index (χ4v) is 2.59. The molecule has 0 spiro atoms. The molecule has 2 N–H and O–H groups in total. The molecule has 1 aliphatic rings. The van der Waals surface area contributed by atoms with Gasteiger partial charge in [-0.1, -0.05) is 12.1 Å². The van der Waals surface area contributed by atoms with Crippen LogP contribution in [0, 0.1) is 0 Å². The Morgan fingerprint density at radius 3 is 2.79 bits per heavy atom. The molecule has 0 radical (unpaired) electrons. The quantitative estimate of drug-likeness (QED) is 0.885. The monoisotopic (exact) mass is 326 g/mol. The second-order valence-corrected chi connectivity index (χ2v) is 5.53. The van der Waals surface area contributed by atoms with Crippen LogP contribution in [0.15, 0.2) is 48.5 Å². The standard InChI is InChI=1S/C18H18N2O4/c21-15-6-1-4-13(10-15)19-17(22)12-24-16-7-2-5-14(11-16)20-9-3-8-18(20)23/h1-2,4-7,10-11,21H,3,8-9,12H2,(H,19,22). The molecule has 0 aliphatic carbocycles. The van der Waals surface area contributed by atoms with E-state index in [1.54, 1.807) is 35.2 Å². The lowest BCUT2D eigenvalue weighted by atomic mass is 10.3. The molecule has 0 aromatic heterocycles. The molecule has 0 saturated carbocycles. The summed E-state index contributed by atoms with van der Waals surface area (Å²) in [4.78, 5) is 25.4. The summed E-state index contributed by atoms with van der Waals surface area (Å²) in [5.41, 5.74) is 1.28. The van der Waals surface area contributed by atoms with Crippen LogP contribution in [-0.2, 0) is 9.59 Å². The SMILES string of the molecule is O=C(COc1cccc(N2CCCC2=O)c1)Nc1cccc(O)c1. The molecule has 124 valence electrons. The molecule has 2 aromatic carbocycles. The zero-order valence-electron chi connectivity index (χ0n) is 13.1. The van der Waals surface area contributed by atoms with Gasteiger partial charge in [-0.25, -0.2) is 0 Å². The molecule has 1 aliphatic heterocycles. The lowest BCUT2D eigenvalue weighted by molar-refractivity contribution is -0.118. The van der Waals surface area contributed by atoms with Gasteiger partial charge in [-0.3, -0.25) is 9.59 Å². The van der Waals surface area contributed by atoms with Crippen LogP contribution in [0.1, 0.15) is 12.8 Å². The first-order chi connectivity index (χ1) is 11.6. The van der Waals surface area contributed by atoms with Gasteiger partial charge >= 0.3 is 0 Å². The molecular formula is C18H18N2O4. The molecule has 6 heteroatoms. The molecule has 0 unspecified atom stereocenters. The van der Waals surface area contributed by atoms with E-state index in [4.69, 9.17) is 4.74 Å². The Kier molecular flexibility index (Phi) is 4.65. The fourth-order valence-electron chi connectivity index (χ4n) is 2.59. The van der Waals surface area contributed by atoms with E-state index in [-0.39, 0.29) is 24.2 Å². The summed E-state index contributed by atoms with van der Waals surface area (Å²) < 4.78 is 5.49. The van der Waals surface area contributed by atoms with Crippen LogP contribution in [0.25, 0.3) is 0 Å². The molecule has 2 aromatic rings. The zero-order valence-corrected chi connectivity index (χ0v) is 13.1. The van der Waals surface area contributed by atoms with Crippen molar-refractivity contribution in [3.63, 3.8) is 0 Å². The summed E-state index contributed by atoms with van der Waals surface area (Å²) in [6, 6.07) is 13.4. The number of nitrogens with zero attached hydrogens (tertiary/aromatic N) is 1. The van der Waals surface area contributed by atoms with Gasteiger partial charge in [-0.2, -0.15) is 0 Å². The number of phenols is 1. The second-order valence-electron chi connectivity index (χ2n) is 5.53. The third-order valence-electron chi connectivity index (χ3n) is 3.70. The maximum atomic E-state index is 11.9. The van der Waals surface area contributed by atoms with Gasteiger partial charge in [0.2, 0.25) is 5.91 Å². The first kappa shape index (κ1) is 15.9. The van der Waals surface area contributed by atoms with Crippen molar-refractivity contribution in [2.75, 3.05) is 23.4 Å². The van der Waals surface area contributed by atoms with E-state index >= 15 is 0 Å². The minimum absolute atomic E-state index is 0.0803. The number of amides is 2. The number of carbonyl (C=O) groups excluding carboxylic acids is 2. The van der Waals surface area contributed by atoms with Gasteiger partial charge in [-0.05, 0) is 30.7 Å². The summed E-state index contributed by atoms with van der Waals surface area (Å²) in [7, 11) is 0. The Morgan fingerprint density at radius 2 is 2.04 bits per heavy atom. The average Bonchev–Trinajstić information content (AvgIpc) is 2.99. The summed E-state index contributed by atoms with van der Waals surface area (Å²) >= 11 is 0. The molecule has 0 atom stereocenters. The summed E-state index contributed by atoms with van der Waals surface area (Å²) in [6.45, 7) is 0.549. The second kappa shape index (κ2) is 7.04. The molecular weight excluding hydrogens is 308 g/mol. The highest BCUT2D eigenvalue weighted by atomic mass is 16.5. The Morgan fingerprint density at radius 1 is 1.21 bits per heavy atom. The molecule has 1 fully saturated rings. The molecule has 0 bridgehead atoms. The van der Waals surface area contributed by atoms with Gasteiger partial charge in [0.25, 0.3) is 5.91 Å². The van der Waals surface area contributed by atoms with Crippen molar-refractivity contribution in [3.05, 3.63) is 48.5 Å². The van der Waals surface area contributed by atoms with Crippen molar-refractivity contribution in [2.45, 2.75) is 12.8 Å². The zero-order chi connectivity index (χ0) is 16.9. The van der Waals surface area contributed by atoms with Crippen molar-refractivity contribution < 1.29 is 19.4 Å². The van der Waals surface area contributed by atoms with E-state index in [9.17, 15) is 14.7 Å². The van der Waals surface area contributed by atoms with Crippen molar-refractivity contribution >= 4 is 23.2 Å². The van der Waals surface area contributed by atoms with Gasteiger partial charge in [0.15, 0.2) is 6.61 Å². The normalized spacial score (nSPS) is 13.8. The number of nitrogens with one attached hydrogen (secondary N) is 1. The number of anilines is 2. The number of phenolic OH excluding ortho intramolecular Hbond substituents is 1. The molecule has 6 nitrogen and oxygen atoms in total. The lowest BCUT2D eigenvalue weighted by Crippen LogP contribution is -2.24. The van der Waals surface area contributed by atoms with Gasteiger partial charge in [0, 0.05) is 36.5 Å². The van der Waals surface area contributed by atoms with Gasteiger partial charge in [0.05, 0.1) is 0 Å². The highest BCUT2D eigenvalue weighted by molar-refractivity contribution is 5.95. The van der Waals surface area contributed by atoms with E-state index in [0.29, 0.717) is 24.4 Å². The van der Waals surface area contributed by atoms with E-state index in [1.807, 2.05) is 6.07 Å². The Bertz CT molecular complexity index is 760. The number of aromatic hydroxyl groups is 1. The summed E-state index contributed by atoms with van der Waals surface area (Å²) in [5.74, 6) is 0.381. The van der Waals surface area contributed by atoms with Crippen molar-refractivity contribution in [1.82, 2.24) is 0 Å². The van der Waals surface area contributed by atoms with Gasteiger partial charge in [0.1, 0.15) is 11.5 Å². The molecule has 1 heterocycles. The third kappa shape index (κ3) is 3.84. The Balaban J connectivity index is 1.58. The van der Waals surface area contributed by atoms with Crippen molar-refractivity contribution in [1.29, 1.82) is 0 Å². The number of carbonyl (C=O) groups is 2. The van der Waals surface area contributed by atoms with Crippen molar-refractivity contribution in [3.8, 4) is 11.5 Å². The number of rotatable bonds is 5. The smallest absolute Gasteiger partial charge is 0.262 e. The van der Waals surface area contributed by atoms with E-state index in [2.05, 4.69) is 5.32 Å². The highest BCUT2D eigenvalue weighted by Gasteiger charge is 2.21. The van der Waals surface area contributed by atoms with Crippen molar-refractivity contribution in [2.24, 2.45) is 0 Å². The van der Waals surface area contributed by atoms with Crippen LogP contribution < -0.4 is 15.0 Å². The molecule has 1 saturated heterocycles. The van der Waals surface area contributed by atoms with E-state index < -0.39 is 0 Å². The minimum atomic E-state index is -0.330. The first-order valence-electron chi connectivity index (χ1n) is 7.74. The molecule has 3 rings (SSSR count).